The molecule has 1 atom stereocenters. The Morgan fingerprint density at radius 2 is 1.77 bits per heavy atom. The topological polar surface area (TPSA) is 55.6 Å². The Kier molecular flexibility index (Phi) is 5.69. The van der Waals surface area contributed by atoms with E-state index in [4.69, 9.17) is 9.26 Å². The van der Waals surface area contributed by atoms with Gasteiger partial charge in [0.25, 0.3) is 0 Å². The van der Waals surface area contributed by atoms with E-state index in [0.29, 0.717) is 13.0 Å². The van der Waals surface area contributed by atoms with Crippen LogP contribution in [0.2, 0.25) is 0 Å². The van der Waals surface area contributed by atoms with Gasteiger partial charge in [0.2, 0.25) is 5.91 Å². The van der Waals surface area contributed by atoms with Gasteiger partial charge in [0.1, 0.15) is 17.7 Å². The van der Waals surface area contributed by atoms with Crippen LogP contribution in [0.1, 0.15) is 29.2 Å². The summed E-state index contributed by atoms with van der Waals surface area (Å²) in [6.07, 6.45) is 1.89. The van der Waals surface area contributed by atoms with Crippen molar-refractivity contribution in [3.05, 3.63) is 83.7 Å². The molecule has 0 unspecified atom stereocenters. The average Bonchev–Trinajstić information content (AvgIpc) is 3.19. The Morgan fingerprint density at radius 3 is 2.38 bits per heavy atom. The van der Waals surface area contributed by atoms with Crippen LogP contribution in [-0.4, -0.2) is 30.1 Å². The van der Waals surface area contributed by atoms with Crippen molar-refractivity contribution in [1.82, 2.24) is 10.1 Å². The summed E-state index contributed by atoms with van der Waals surface area (Å²) in [4.78, 5) is 14.5. The van der Waals surface area contributed by atoms with Crippen LogP contribution >= 0.6 is 0 Å². The highest BCUT2D eigenvalue weighted by Crippen LogP contribution is 2.30. The number of aromatic nitrogens is 1. The Balaban J connectivity index is 1.80. The fourth-order valence-electron chi connectivity index (χ4n) is 2.93. The van der Waals surface area contributed by atoms with E-state index in [1.807, 2.05) is 42.5 Å². The fourth-order valence-corrected chi connectivity index (χ4v) is 2.93. The fraction of sp³-hybridized carbons (Fsp3) is 0.238. The molecule has 0 fully saturated rings. The zero-order chi connectivity index (χ0) is 18.4. The molecule has 0 aliphatic rings. The summed E-state index contributed by atoms with van der Waals surface area (Å²) in [6, 6.07) is 19.7. The molecule has 5 heteroatoms. The monoisotopic (exact) mass is 350 g/mol. The lowest BCUT2D eigenvalue weighted by Gasteiger charge is -2.22. The molecule has 2 aromatic carbocycles. The number of hydrogen-bond donors (Lipinski definition) is 0. The minimum atomic E-state index is -0.0191. The van der Waals surface area contributed by atoms with Crippen LogP contribution < -0.4 is 4.74 Å². The molecule has 0 bridgehead atoms. The van der Waals surface area contributed by atoms with Crippen LogP contribution in [0.5, 0.6) is 5.75 Å². The number of hydrogen-bond acceptors (Lipinski definition) is 4. The third-order valence-electron chi connectivity index (χ3n) is 4.42. The Bertz CT molecular complexity index is 814. The Hall–Kier alpha value is -3.08. The highest BCUT2D eigenvalue weighted by Gasteiger charge is 2.21. The molecule has 0 radical (unpaired) electrons. The first-order valence-corrected chi connectivity index (χ1v) is 8.49. The van der Waals surface area contributed by atoms with E-state index in [2.05, 4.69) is 17.3 Å². The first-order chi connectivity index (χ1) is 12.7. The molecular formula is C21H22N2O3. The molecule has 26 heavy (non-hydrogen) atoms. The maximum atomic E-state index is 12.8. The quantitative estimate of drug-likeness (QED) is 0.649. The highest BCUT2D eigenvalue weighted by atomic mass is 16.5. The molecule has 1 aromatic heterocycles. The molecule has 0 saturated carbocycles. The number of methoxy groups -OCH3 is 1. The second-order valence-corrected chi connectivity index (χ2v) is 6.18. The van der Waals surface area contributed by atoms with Crippen molar-refractivity contribution in [2.75, 3.05) is 14.2 Å². The molecule has 5 nitrogen and oxygen atoms in total. The van der Waals surface area contributed by atoms with Crippen LogP contribution in [0.15, 0.2) is 71.4 Å². The zero-order valence-electron chi connectivity index (χ0n) is 15.0. The maximum Gasteiger partial charge on any atom is 0.223 e. The number of ether oxygens (including phenoxy) is 1. The molecule has 3 aromatic rings. The van der Waals surface area contributed by atoms with Crippen molar-refractivity contribution in [2.45, 2.75) is 18.9 Å². The molecular weight excluding hydrogens is 328 g/mol. The number of carbonyl (C=O) groups is 1. The van der Waals surface area contributed by atoms with Crippen LogP contribution in [0.25, 0.3) is 0 Å². The van der Waals surface area contributed by atoms with E-state index >= 15 is 0 Å². The first kappa shape index (κ1) is 17.7. The van der Waals surface area contributed by atoms with Gasteiger partial charge in [0, 0.05) is 25.5 Å². The van der Waals surface area contributed by atoms with Crippen molar-refractivity contribution in [3.63, 3.8) is 0 Å². The SMILES string of the molecule is COc1ccc([C@@H](CC(=O)N(C)Cc2ccon2)c2ccccc2)cc1. The molecule has 3 rings (SSSR count). The third kappa shape index (κ3) is 4.30. The second-order valence-electron chi connectivity index (χ2n) is 6.18. The lowest BCUT2D eigenvalue weighted by molar-refractivity contribution is -0.130. The minimum absolute atomic E-state index is 0.0191. The van der Waals surface area contributed by atoms with Crippen LogP contribution in [0.3, 0.4) is 0 Å². The van der Waals surface area contributed by atoms with Crippen molar-refractivity contribution in [1.29, 1.82) is 0 Å². The standard InChI is InChI=1S/C21H22N2O3/c1-23(15-18-12-13-26-22-18)21(24)14-20(16-6-4-3-5-7-16)17-8-10-19(25-2)11-9-17/h3-13,20H,14-15H2,1-2H3/t20-/m0/s1. The van der Waals surface area contributed by atoms with Gasteiger partial charge in [-0.25, -0.2) is 0 Å². The molecule has 0 aliphatic heterocycles. The maximum absolute atomic E-state index is 12.8. The van der Waals surface area contributed by atoms with E-state index < -0.39 is 0 Å². The van der Waals surface area contributed by atoms with Gasteiger partial charge in [-0.2, -0.15) is 0 Å². The summed E-state index contributed by atoms with van der Waals surface area (Å²) < 4.78 is 10.1. The predicted octanol–water partition coefficient (Wildman–Crippen LogP) is 3.86. The van der Waals surface area contributed by atoms with Gasteiger partial charge in [-0.3, -0.25) is 4.79 Å². The van der Waals surface area contributed by atoms with Gasteiger partial charge in [0.15, 0.2) is 0 Å². The van der Waals surface area contributed by atoms with Gasteiger partial charge in [0.05, 0.1) is 13.7 Å². The lowest BCUT2D eigenvalue weighted by Crippen LogP contribution is -2.28. The van der Waals surface area contributed by atoms with Gasteiger partial charge < -0.3 is 14.2 Å². The van der Waals surface area contributed by atoms with Gasteiger partial charge >= 0.3 is 0 Å². The molecule has 0 saturated heterocycles. The summed E-state index contributed by atoms with van der Waals surface area (Å²) in [5, 5.41) is 3.87. The lowest BCUT2D eigenvalue weighted by atomic mass is 9.88. The van der Waals surface area contributed by atoms with Crippen LogP contribution in [0.4, 0.5) is 0 Å². The number of rotatable bonds is 7. The minimum Gasteiger partial charge on any atom is -0.497 e. The second kappa shape index (κ2) is 8.34. The first-order valence-electron chi connectivity index (χ1n) is 8.49. The van der Waals surface area contributed by atoms with Crippen molar-refractivity contribution in [3.8, 4) is 5.75 Å². The van der Waals surface area contributed by atoms with Crippen LogP contribution in [0, 0.1) is 0 Å². The number of benzene rings is 2. The molecule has 0 spiro atoms. The van der Waals surface area contributed by atoms with E-state index in [9.17, 15) is 4.79 Å². The average molecular weight is 350 g/mol. The zero-order valence-corrected chi connectivity index (χ0v) is 15.0. The van der Waals surface area contributed by atoms with Gasteiger partial charge in [-0.15, -0.1) is 0 Å². The number of carbonyl (C=O) groups excluding carboxylic acids is 1. The van der Waals surface area contributed by atoms with Crippen molar-refractivity contribution < 1.29 is 14.1 Å². The Morgan fingerprint density at radius 1 is 1.08 bits per heavy atom. The Labute approximate surface area is 153 Å². The smallest absolute Gasteiger partial charge is 0.223 e. The van der Waals surface area contributed by atoms with Crippen molar-refractivity contribution in [2.24, 2.45) is 0 Å². The summed E-state index contributed by atoms with van der Waals surface area (Å²) >= 11 is 0. The summed E-state index contributed by atoms with van der Waals surface area (Å²) in [6.45, 7) is 0.430. The predicted molar refractivity (Wildman–Crippen MR) is 98.9 cm³/mol. The summed E-state index contributed by atoms with van der Waals surface area (Å²) in [7, 11) is 3.43. The molecule has 0 N–H and O–H groups in total. The third-order valence-corrected chi connectivity index (χ3v) is 4.42. The van der Waals surface area contributed by atoms with Gasteiger partial charge in [-0.1, -0.05) is 47.6 Å². The molecule has 1 amide bonds. The highest BCUT2D eigenvalue weighted by molar-refractivity contribution is 5.77. The van der Waals surface area contributed by atoms with E-state index in [0.717, 1.165) is 22.6 Å². The van der Waals surface area contributed by atoms with E-state index in [1.165, 1.54) is 6.26 Å². The normalized spacial score (nSPS) is 11.8. The largest absolute Gasteiger partial charge is 0.497 e. The molecule has 1 heterocycles. The summed E-state index contributed by atoms with van der Waals surface area (Å²) in [5.41, 5.74) is 2.93. The number of nitrogens with zero attached hydrogens (tertiary/aromatic N) is 2. The van der Waals surface area contributed by atoms with Crippen molar-refractivity contribution >= 4 is 5.91 Å². The molecule has 134 valence electrons. The van der Waals surface area contributed by atoms with E-state index in [-0.39, 0.29) is 11.8 Å². The van der Waals surface area contributed by atoms with Gasteiger partial charge in [-0.05, 0) is 23.3 Å². The molecule has 0 aliphatic carbocycles. The summed E-state index contributed by atoms with van der Waals surface area (Å²) in [5.74, 6) is 0.835. The number of amides is 1. The van der Waals surface area contributed by atoms with E-state index in [1.54, 1.807) is 25.1 Å². The van der Waals surface area contributed by atoms with Crippen LogP contribution in [-0.2, 0) is 11.3 Å².